The van der Waals surface area contributed by atoms with Crippen LogP contribution in [0.15, 0.2) is 48.5 Å². The number of Topliss-reactive ketones (excluding diaryl/α,β-unsaturated/α-hetero) is 1. The van der Waals surface area contributed by atoms with Crippen LogP contribution in [-0.2, 0) is 0 Å². The number of carbonyl (C=O) groups is 1. The molecule has 0 aliphatic carbocycles. The predicted octanol–water partition coefficient (Wildman–Crippen LogP) is 4.39. The molecule has 0 saturated heterocycles. The largest absolute Gasteiger partial charge is 0.497 e. The first kappa shape index (κ1) is 17.9. The number of aliphatic hydroxyl groups is 1. The Morgan fingerprint density at radius 1 is 1.17 bits per heavy atom. The van der Waals surface area contributed by atoms with Gasteiger partial charge in [-0.05, 0) is 42.0 Å². The molecule has 3 nitrogen and oxygen atoms in total. The maximum atomic E-state index is 12.5. The molecule has 0 heterocycles. The second-order valence-corrected chi connectivity index (χ2v) is 6.74. The van der Waals surface area contributed by atoms with Crippen LogP contribution in [0.25, 0.3) is 0 Å². The molecule has 0 spiro atoms. The molecule has 2 aromatic carbocycles. The summed E-state index contributed by atoms with van der Waals surface area (Å²) >= 11 is 7.50. The van der Waals surface area contributed by atoms with E-state index in [9.17, 15) is 4.79 Å². The number of thioether (sulfide) groups is 1. The van der Waals surface area contributed by atoms with Gasteiger partial charge in [-0.1, -0.05) is 23.7 Å². The molecule has 0 fully saturated rings. The van der Waals surface area contributed by atoms with Gasteiger partial charge in [0.1, 0.15) is 5.75 Å². The van der Waals surface area contributed by atoms with E-state index >= 15 is 0 Å². The molecular formula is C18H19ClO3S. The van der Waals surface area contributed by atoms with Crippen LogP contribution in [0.4, 0.5) is 0 Å². The van der Waals surface area contributed by atoms with E-state index in [-0.39, 0.29) is 17.6 Å². The topological polar surface area (TPSA) is 46.5 Å². The van der Waals surface area contributed by atoms with Gasteiger partial charge < -0.3 is 9.84 Å². The van der Waals surface area contributed by atoms with E-state index in [1.165, 1.54) is 0 Å². The Morgan fingerprint density at radius 2 is 1.83 bits per heavy atom. The third-order valence-electron chi connectivity index (χ3n) is 3.43. The van der Waals surface area contributed by atoms with E-state index in [1.54, 1.807) is 43.1 Å². The molecule has 0 radical (unpaired) electrons. The molecule has 23 heavy (non-hydrogen) atoms. The van der Waals surface area contributed by atoms with Gasteiger partial charge in [-0.3, -0.25) is 4.79 Å². The summed E-state index contributed by atoms with van der Waals surface area (Å²) < 4.78 is 5.11. The van der Waals surface area contributed by atoms with Gasteiger partial charge in [0.15, 0.2) is 5.78 Å². The third-order valence-corrected chi connectivity index (χ3v) is 4.95. The van der Waals surface area contributed by atoms with Crippen LogP contribution >= 0.6 is 23.4 Å². The van der Waals surface area contributed by atoms with Gasteiger partial charge in [0.05, 0.1) is 13.7 Å². The van der Waals surface area contributed by atoms with Crippen molar-refractivity contribution in [3.63, 3.8) is 0 Å². The summed E-state index contributed by atoms with van der Waals surface area (Å²) in [6.07, 6.45) is 0.374. The number of carbonyl (C=O) groups excluding carboxylic acids is 1. The third kappa shape index (κ3) is 5.27. The molecule has 122 valence electrons. The molecular weight excluding hydrogens is 332 g/mol. The summed E-state index contributed by atoms with van der Waals surface area (Å²) in [5, 5.41) is 9.74. The summed E-state index contributed by atoms with van der Waals surface area (Å²) in [6, 6.07) is 14.6. The summed E-state index contributed by atoms with van der Waals surface area (Å²) in [5.74, 6) is 1.38. The average molecular weight is 351 g/mol. The van der Waals surface area contributed by atoms with E-state index in [2.05, 4.69) is 0 Å². The van der Waals surface area contributed by atoms with Gasteiger partial charge in [-0.25, -0.2) is 0 Å². The quantitative estimate of drug-likeness (QED) is 0.717. The highest BCUT2D eigenvalue weighted by atomic mass is 35.5. The molecule has 0 aliphatic rings. The van der Waals surface area contributed by atoms with E-state index in [0.29, 0.717) is 22.8 Å². The van der Waals surface area contributed by atoms with Gasteiger partial charge in [-0.15, -0.1) is 0 Å². The van der Waals surface area contributed by atoms with Crippen molar-refractivity contribution in [2.75, 3.05) is 19.5 Å². The minimum absolute atomic E-state index is 0.00554. The zero-order valence-electron chi connectivity index (χ0n) is 12.9. The zero-order chi connectivity index (χ0) is 16.7. The number of benzene rings is 2. The van der Waals surface area contributed by atoms with Crippen LogP contribution in [0.2, 0.25) is 5.02 Å². The lowest BCUT2D eigenvalue weighted by Gasteiger charge is -2.16. The summed E-state index contributed by atoms with van der Waals surface area (Å²) in [6.45, 7) is 0.0888. The normalized spacial score (nSPS) is 12.0. The smallest absolute Gasteiger partial charge is 0.164 e. The summed E-state index contributed by atoms with van der Waals surface area (Å²) in [7, 11) is 1.60. The number of hydrogen-bond acceptors (Lipinski definition) is 4. The molecule has 0 bridgehead atoms. The van der Waals surface area contributed by atoms with Crippen molar-refractivity contribution in [3.05, 3.63) is 64.7 Å². The Morgan fingerprint density at radius 3 is 2.39 bits per heavy atom. The van der Waals surface area contributed by atoms with E-state index in [0.717, 1.165) is 11.3 Å². The molecule has 2 rings (SSSR count). The second-order valence-electron chi connectivity index (χ2n) is 4.99. The van der Waals surface area contributed by atoms with E-state index in [1.807, 2.05) is 24.3 Å². The fourth-order valence-corrected chi connectivity index (χ4v) is 3.34. The number of halogens is 1. The second kappa shape index (κ2) is 8.96. The molecule has 0 unspecified atom stereocenters. The number of hydrogen-bond donors (Lipinski definition) is 1. The van der Waals surface area contributed by atoms with E-state index in [4.69, 9.17) is 21.4 Å². The minimum atomic E-state index is -0.00554. The summed E-state index contributed by atoms with van der Waals surface area (Å²) in [4.78, 5) is 12.5. The standard InChI is InChI=1S/C18H19ClO3S/c1-22-16-8-4-13(5-9-16)17(21)12-18(23-11-10-20)14-2-6-15(19)7-3-14/h2-9,18,20H,10-12H2,1H3/t18-/m1/s1. The first-order valence-electron chi connectivity index (χ1n) is 7.29. The van der Waals surface area contributed by atoms with Crippen molar-refractivity contribution in [1.82, 2.24) is 0 Å². The zero-order valence-corrected chi connectivity index (χ0v) is 14.4. The maximum Gasteiger partial charge on any atom is 0.164 e. The fourth-order valence-electron chi connectivity index (χ4n) is 2.21. The highest BCUT2D eigenvalue weighted by molar-refractivity contribution is 7.99. The van der Waals surface area contributed by atoms with Crippen LogP contribution in [0.3, 0.4) is 0 Å². The Balaban J connectivity index is 2.12. The number of ketones is 1. The molecule has 1 atom stereocenters. The Kier molecular flexibility index (Phi) is 6.96. The minimum Gasteiger partial charge on any atom is -0.497 e. The molecule has 0 aromatic heterocycles. The lowest BCUT2D eigenvalue weighted by molar-refractivity contribution is 0.0982. The number of ether oxygens (including phenoxy) is 1. The fraction of sp³-hybridized carbons (Fsp3) is 0.278. The van der Waals surface area contributed by atoms with Crippen LogP contribution < -0.4 is 4.74 Å². The highest BCUT2D eigenvalue weighted by Gasteiger charge is 2.18. The van der Waals surface area contributed by atoms with Crippen LogP contribution in [0.5, 0.6) is 5.75 Å². The van der Waals surface area contributed by atoms with Gasteiger partial charge in [0.25, 0.3) is 0 Å². The van der Waals surface area contributed by atoms with Gasteiger partial charge >= 0.3 is 0 Å². The van der Waals surface area contributed by atoms with Crippen molar-refractivity contribution in [2.45, 2.75) is 11.7 Å². The van der Waals surface area contributed by atoms with Gasteiger partial charge in [0, 0.05) is 28.0 Å². The lowest BCUT2D eigenvalue weighted by Crippen LogP contribution is -2.07. The Bertz CT molecular complexity index is 626. The van der Waals surface area contributed by atoms with Crippen LogP contribution in [-0.4, -0.2) is 30.4 Å². The monoisotopic (exact) mass is 350 g/mol. The van der Waals surface area contributed by atoms with Gasteiger partial charge in [0.2, 0.25) is 0 Å². The van der Waals surface area contributed by atoms with Crippen molar-refractivity contribution in [1.29, 1.82) is 0 Å². The first-order chi connectivity index (χ1) is 11.1. The van der Waals surface area contributed by atoms with E-state index < -0.39 is 0 Å². The number of methoxy groups -OCH3 is 1. The lowest BCUT2D eigenvalue weighted by atomic mass is 10.0. The molecule has 0 saturated carbocycles. The van der Waals surface area contributed by atoms with Gasteiger partial charge in [-0.2, -0.15) is 11.8 Å². The maximum absolute atomic E-state index is 12.5. The molecule has 0 amide bonds. The average Bonchev–Trinajstić information content (AvgIpc) is 2.59. The summed E-state index contributed by atoms with van der Waals surface area (Å²) in [5.41, 5.74) is 1.70. The predicted molar refractivity (Wildman–Crippen MR) is 95.7 cm³/mol. The molecule has 1 N–H and O–H groups in total. The Hall–Kier alpha value is -1.49. The van der Waals surface area contributed by atoms with Crippen molar-refractivity contribution < 1.29 is 14.6 Å². The van der Waals surface area contributed by atoms with Crippen molar-refractivity contribution >= 4 is 29.1 Å². The first-order valence-corrected chi connectivity index (χ1v) is 8.72. The number of aliphatic hydroxyl groups excluding tert-OH is 1. The molecule has 0 aliphatic heterocycles. The molecule has 5 heteroatoms. The molecule has 2 aromatic rings. The van der Waals surface area contributed by atoms with Crippen LogP contribution in [0, 0.1) is 0 Å². The van der Waals surface area contributed by atoms with Crippen molar-refractivity contribution in [3.8, 4) is 5.75 Å². The van der Waals surface area contributed by atoms with Crippen LogP contribution in [0.1, 0.15) is 27.6 Å². The highest BCUT2D eigenvalue weighted by Crippen LogP contribution is 2.33. The van der Waals surface area contributed by atoms with Crippen molar-refractivity contribution in [2.24, 2.45) is 0 Å². The Labute approximate surface area is 145 Å². The SMILES string of the molecule is COc1ccc(C(=O)C[C@@H](SCCO)c2ccc(Cl)cc2)cc1. The number of rotatable bonds is 8.